The van der Waals surface area contributed by atoms with E-state index >= 15 is 0 Å². The van der Waals surface area contributed by atoms with Crippen LogP contribution in [0.4, 0.5) is 26.3 Å². The van der Waals surface area contributed by atoms with E-state index in [-0.39, 0.29) is 24.8 Å². The number of fused-ring (bicyclic) bond motifs is 2. The molecule has 0 bridgehead atoms. The second kappa shape index (κ2) is 13.5. The van der Waals surface area contributed by atoms with Crippen molar-refractivity contribution < 1.29 is 71.1 Å². The molecule has 4 aromatic carbocycles. The molecule has 0 aromatic heterocycles. The van der Waals surface area contributed by atoms with Gasteiger partial charge in [-0.25, -0.2) is 0 Å². The van der Waals surface area contributed by atoms with E-state index in [1.165, 1.54) is 54.9 Å². The van der Waals surface area contributed by atoms with Crippen molar-refractivity contribution in [2.45, 2.75) is 55.8 Å². The molecule has 2 aliphatic carbocycles. The predicted molar refractivity (Wildman–Crippen MR) is 174 cm³/mol. The van der Waals surface area contributed by atoms with Crippen molar-refractivity contribution in [3.05, 3.63) is 129 Å². The molecular weight excluding hydrogens is 844 g/mol. The summed E-state index contributed by atoms with van der Waals surface area (Å²) in [5, 5.41) is 0. The molecule has 1 aliphatic heterocycles. The van der Waals surface area contributed by atoms with Gasteiger partial charge in [-0.1, -0.05) is 0 Å². The minimum atomic E-state index is -4.38. The van der Waals surface area contributed by atoms with E-state index in [9.17, 15) is 26.3 Å². The molecule has 256 valence electrons. The second-order valence-electron chi connectivity index (χ2n) is 14.0. The third-order valence-electron chi connectivity index (χ3n) is 10.5. The summed E-state index contributed by atoms with van der Waals surface area (Å²) in [5.74, 6) is 0.632. The maximum Gasteiger partial charge on any atom is -1.00 e. The zero-order valence-electron chi connectivity index (χ0n) is 27.5. The predicted octanol–water partition coefficient (Wildman–Crippen LogP) is 6.96. The zero-order chi connectivity index (χ0) is 33.5. The number of hydrogen-bond acceptors (Lipinski definition) is 0. The number of rotatable bonds is 6. The molecule has 1 heterocycles. The first-order valence-electron chi connectivity index (χ1n) is 16.2. The van der Waals surface area contributed by atoms with Crippen LogP contribution in [0.3, 0.4) is 0 Å². The van der Waals surface area contributed by atoms with Crippen LogP contribution in [0.5, 0.6) is 0 Å². The third kappa shape index (κ3) is 6.53. The molecule has 2 unspecified atom stereocenters. The summed E-state index contributed by atoms with van der Waals surface area (Å²) in [5.41, 5.74) is 10.00. The summed E-state index contributed by atoms with van der Waals surface area (Å²) >= 11 is -3.30. The first kappa shape index (κ1) is 37.6. The standard InChI is InChI=1S/2C19H16F3.C2H4.2ClH.Hf/c2*1-12(2)15-10-14-4-3-5-17(18(14)11-15)13-6-8-16(9-7-13)19(20,21)22;1-2;;;/h2*3-12H,1-2H3;1-2H2;2*1H;/q;;;;;+2/p-2. The summed E-state index contributed by atoms with van der Waals surface area (Å²) in [4.78, 5) is 0. The fraction of sp³-hybridized carbons (Fsp3) is 0.300. The first-order chi connectivity index (χ1) is 22.2. The molecule has 0 nitrogen and oxygen atoms in total. The summed E-state index contributed by atoms with van der Waals surface area (Å²) in [6.45, 7) is 8.99. The van der Waals surface area contributed by atoms with Crippen LogP contribution in [-0.4, -0.2) is 0 Å². The Balaban J connectivity index is 0.00000234. The molecular formula is C40H36Cl2F6Hf. The molecule has 1 fully saturated rings. The van der Waals surface area contributed by atoms with Crippen molar-refractivity contribution in [1.82, 2.24) is 0 Å². The number of benzene rings is 4. The van der Waals surface area contributed by atoms with E-state index in [2.05, 4.69) is 64.1 Å². The molecule has 3 aliphatic rings. The fourth-order valence-electron chi connectivity index (χ4n) is 8.20. The van der Waals surface area contributed by atoms with E-state index in [1.807, 2.05) is 12.1 Å². The van der Waals surface area contributed by atoms with Gasteiger partial charge >= 0.3 is 278 Å². The van der Waals surface area contributed by atoms with Gasteiger partial charge in [-0.2, -0.15) is 0 Å². The Labute approximate surface area is 300 Å². The molecule has 7 rings (SSSR count). The maximum absolute atomic E-state index is 13.3. The van der Waals surface area contributed by atoms with Gasteiger partial charge in [0.15, 0.2) is 0 Å². The van der Waals surface area contributed by atoms with Gasteiger partial charge in [-0.3, -0.25) is 0 Å². The summed E-state index contributed by atoms with van der Waals surface area (Å²) in [6, 6.07) is 23.7. The SMILES string of the molecule is CC(C)C1=Cc2c(-c3ccc(C(F)(F)F)cc3)cccc2[CH]1[Hf+2]1([CH]2C(C(C)C)=Cc3c(-c4ccc(C(F)(F)F)cc4)cccc32)[CH2][CH2]1.[Cl-].[Cl-]. The van der Waals surface area contributed by atoms with Crippen molar-refractivity contribution in [3.63, 3.8) is 0 Å². The number of alkyl halides is 6. The van der Waals surface area contributed by atoms with E-state index in [4.69, 9.17) is 0 Å². The van der Waals surface area contributed by atoms with Crippen LogP contribution in [0.15, 0.2) is 96.1 Å². The van der Waals surface area contributed by atoms with Gasteiger partial charge in [0.25, 0.3) is 0 Å². The molecule has 0 N–H and O–H groups in total. The largest absolute Gasteiger partial charge is 1.00 e. The van der Waals surface area contributed by atoms with Crippen molar-refractivity contribution in [2.24, 2.45) is 11.8 Å². The molecule has 2 atom stereocenters. The summed E-state index contributed by atoms with van der Waals surface area (Å²) in [6.07, 6.45) is -4.09. The quantitative estimate of drug-likeness (QED) is 0.145. The normalized spacial score (nSPS) is 18.4. The smallest absolute Gasteiger partial charge is 1.00 e. The van der Waals surface area contributed by atoms with Gasteiger partial charge in [-0.05, 0) is 0 Å². The van der Waals surface area contributed by atoms with Crippen LogP contribution in [0.1, 0.15) is 68.4 Å². The van der Waals surface area contributed by atoms with Gasteiger partial charge in [0.05, 0.1) is 0 Å². The second-order valence-corrected chi connectivity index (χ2v) is 30.6. The first-order valence-corrected chi connectivity index (χ1v) is 25.5. The fourth-order valence-corrected chi connectivity index (χ4v) is 37.1. The van der Waals surface area contributed by atoms with Gasteiger partial charge in [0, 0.05) is 0 Å². The van der Waals surface area contributed by atoms with Crippen molar-refractivity contribution in [2.75, 3.05) is 0 Å². The van der Waals surface area contributed by atoms with Gasteiger partial charge in [0.1, 0.15) is 0 Å². The van der Waals surface area contributed by atoms with Crippen LogP contribution in [-0.2, 0) is 32.3 Å². The molecule has 49 heavy (non-hydrogen) atoms. The molecule has 0 amide bonds. The average molecular weight is 880 g/mol. The topological polar surface area (TPSA) is 0 Å². The van der Waals surface area contributed by atoms with Gasteiger partial charge in [-0.15, -0.1) is 0 Å². The summed E-state index contributed by atoms with van der Waals surface area (Å²) in [7, 11) is 0. The van der Waals surface area contributed by atoms with E-state index in [1.54, 1.807) is 24.3 Å². The van der Waals surface area contributed by atoms with Crippen LogP contribution in [0, 0.1) is 11.8 Å². The van der Waals surface area contributed by atoms with Crippen LogP contribution < -0.4 is 24.8 Å². The Bertz CT molecular complexity index is 1780. The zero-order valence-corrected chi connectivity index (χ0v) is 32.6. The average Bonchev–Trinajstić information content (AvgIpc) is 3.53. The Morgan fingerprint density at radius 2 is 0.878 bits per heavy atom. The summed E-state index contributed by atoms with van der Waals surface area (Å²) < 4.78 is 83.3. The van der Waals surface area contributed by atoms with Gasteiger partial charge < -0.3 is 24.8 Å². The molecule has 1 saturated heterocycles. The Morgan fingerprint density at radius 1 is 0.531 bits per heavy atom. The van der Waals surface area contributed by atoms with Crippen LogP contribution in [0.25, 0.3) is 34.4 Å². The van der Waals surface area contributed by atoms with Crippen molar-refractivity contribution in [1.29, 1.82) is 0 Å². The Hall–Kier alpha value is -2.61. The van der Waals surface area contributed by atoms with Crippen molar-refractivity contribution in [3.8, 4) is 22.3 Å². The van der Waals surface area contributed by atoms with Crippen molar-refractivity contribution >= 4 is 12.2 Å². The number of allylic oxidation sites excluding steroid dienone is 2. The molecule has 4 aromatic rings. The molecule has 0 radical (unpaired) electrons. The monoisotopic (exact) mass is 880 g/mol. The molecule has 0 spiro atoms. The third-order valence-corrected chi connectivity index (χ3v) is 29.4. The van der Waals surface area contributed by atoms with E-state index in [0.29, 0.717) is 19.2 Å². The number of halogens is 8. The van der Waals surface area contributed by atoms with Crippen LogP contribution >= 0.6 is 0 Å². The molecule has 0 saturated carbocycles. The minimum Gasteiger partial charge on any atom is -1.00 e. The maximum atomic E-state index is 13.3. The van der Waals surface area contributed by atoms with Crippen LogP contribution in [0.2, 0.25) is 8.35 Å². The van der Waals surface area contributed by atoms with E-state index < -0.39 is 43.4 Å². The van der Waals surface area contributed by atoms with Gasteiger partial charge in [0.2, 0.25) is 0 Å². The number of hydrogen-bond donors (Lipinski definition) is 0. The Morgan fingerprint density at radius 3 is 1.16 bits per heavy atom. The molecule has 9 heteroatoms. The minimum absolute atomic E-state index is 0. The van der Waals surface area contributed by atoms with E-state index in [0.717, 1.165) is 33.4 Å². The Kier molecular flexibility index (Phi) is 10.4.